The Morgan fingerprint density at radius 1 is 0.944 bits per heavy atom. The maximum atomic E-state index is 13.5. The summed E-state index contributed by atoms with van der Waals surface area (Å²) in [5, 5.41) is 3.92. The van der Waals surface area contributed by atoms with Crippen molar-refractivity contribution < 1.29 is 35.8 Å². The maximum Gasteiger partial charge on any atom is 0.333 e. The van der Waals surface area contributed by atoms with Crippen LogP contribution in [0.25, 0.3) is 0 Å². The first-order valence-corrected chi connectivity index (χ1v) is 12.6. The number of esters is 1. The first-order valence-electron chi connectivity index (χ1n) is 12.2. The van der Waals surface area contributed by atoms with E-state index in [4.69, 9.17) is 16.3 Å². The number of hydrogen-bond acceptors (Lipinski definition) is 4. The van der Waals surface area contributed by atoms with E-state index in [0.29, 0.717) is 34.1 Å². The Morgan fingerprint density at radius 3 is 2.28 bits per heavy atom. The van der Waals surface area contributed by atoms with Gasteiger partial charge in [0.2, 0.25) is 5.78 Å². The predicted octanol–water partition coefficient (Wildman–Crippen LogP) is 2.53. The number of anilines is 1. The first-order chi connectivity index (χ1) is 17.0. The lowest BCUT2D eigenvalue weighted by molar-refractivity contribution is -0.938. The molecular formula is C29H30BrClN2O3. The molecule has 5 nitrogen and oxygen atoms in total. The second kappa shape index (κ2) is 11.6. The molecule has 0 saturated carbocycles. The number of carbonyl (C=O) groups is 2. The van der Waals surface area contributed by atoms with Crippen LogP contribution in [0, 0.1) is 5.92 Å². The van der Waals surface area contributed by atoms with E-state index in [1.807, 2.05) is 72.8 Å². The average molecular weight is 570 g/mol. The van der Waals surface area contributed by atoms with Crippen LogP contribution in [0.5, 0.6) is 0 Å². The minimum Gasteiger partial charge on any atom is -1.00 e. The third kappa shape index (κ3) is 6.00. The van der Waals surface area contributed by atoms with E-state index in [-0.39, 0.29) is 34.8 Å². The Labute approximate surface area is 227 Å². The van der Waals surface area contributed by atoms with Gasteiger partial charge >= 0.3 is 5.97 Å². The van der Waals surface area contributed by atoms with Crippen molar-refractivity contribution >= 4 is 29.0 Å². The van der Waals surface area contributed by atoms with Crippen molar-refractivity contribution in [2.24, 2.45) is 5.92 Å². The molecule has 1 N–H and O–H groups in total. The Kier molecular flexibility index (Phi) is 8.50. The summed E-state index contributed by atoms with van der Waals surface area (Å²) in [6, 6.07) is 25.9. The van der Waals surface area contributed by atoms with Gasteiger partial charge in [0.25, 0.3) is 0 Å². The minimum atomic E-state index is -0.601. The van der Waals surface area contributed by atoms with E-state index < -0.39 is 6.04 Å². The largest absolute Gasteiger partial charge is 1.00 e. The summed E-state index contributed by atoms with van der Waals surface area (Å²) < 4.78 is 6.86. The van der Waals surface area contributed by atoms with Gasteiger partial charge in [-0.2, -0.15) is 0 Å². The molecule has 2 bridgehead atoms. The van der Waals surface area contributed by atoms with Gasteiger partial charge in [0, 0.05) is 35.0 Å². The fourth-order valence-corrected chi connectivity index (χ4v) is 5.67. The van der Waals surface area contributed by atoms with Crippen LogP contribution >= 0.6 is 11.6 Å². The third-order valence-corrected chi connectivity index (χ3v) is 7.62. The van der Waals surface area contributed by atoms with Crippen LogP contribution in [0.15, 0.2) is 84.9 Å². The normalized spacial score (nSPS) is 23.2. The smallest absolute Gasteiger partial charge is 0.333 e. The summed E-state index contributed by atoms with van der Waals surface area (Å²) in [5.74, 6) is 0.150. The average Bonchev–Trinajstić information content (AvgIpc) is 2.89. The lowest BCUT2D eigenvalue weighted by atomic mass is 9.82. The number of piperidine rings is 3. The van der Waals surface area contributed by atoms with E-state index >= 15 is 0 Å². The third-order valence-electron chi connectivity index (χ3n) is 7.39. The number of carbonyl (C=O) groups excluding carboxylic acids is 2. The van der Waals surface area contributed by atoms with Crippen LogP contribution < -0.4 is 22.3 Å². The molecule has 2 atom stereocenters. The van der Waals surface area contributed by atoms with E-state index in [0.717, 1.165) is 37.2 Å². The van der Waals surface area contributed by atoms with Gasteiger partial charge < -0.3 is 31.5 Å². The zero-order valence-electron chi connectivity index (χ0n) is 20.0. The molecule has 0 aromatic heterocycles. The summed E-state index contributed by atoms with van der Waals surface area (Å²) in [5.41, 5.74) is 2.37. The molecule has 3 aliphatic heterocycles. The van der Waals surface area contributed by atoms with Gasteiger partial charge in [-0.15, -0.1) is 0 Å². The van der Waals surface area contributed by atoms with Crippen molar-refractivity contribution in [3.8, 4) is 0 Å². The molecule has 7 heteroatoms. The fraction of sp³-hybridized carbons (Fsp3) is 0.310. The van der Waals surface area contributed by atoms with Gasteiger partial charge in [0.1, 0.15) is 13.1 Å². The summed E-state index contributed by atoms with van der Waals surface area (Å²) in [7, 11) is 0. The Hall–Kier alpha value is -2.67. The van der Waals surface area contributed by atoms with Gasteiger partial charge in [-0.25, -0.2) is 4.79 Å². The van der Waals surface area contributed by atoms with Gasteiger partial charge in [0.05, 0.1) is 13.1 Å². The highest BCUT2D eigenvalue weighted by atomic mass is 79.9. The molecule has 0 amide bonds. The maximum absolute atomic E-state index is 13.5. The van der Waals surface area contributed by atoms with Crippen molar-refractivity contribution in [1.29, 1.82) is 0 Å². The lowest BCUT2D eigenvalue weighted by Gasteiger charge is -2.51. The van der Waals surface area contributed by atoms with Crippen molar-refractivity contribution in [2.75, 3.05) is 31.5 Å². The fourth-order valence-electron chi connectivity index (χ4n) is 5.48. The van der Waals surface area contributed by atoms with Crippen LogP contribution in [0.3, 0.4) is 0 Å². The number of fused-ring (bicyclic) bond motifs is 3. The number of benzene rings is 3. The topological polar surface area (TPSA) is 55.4 Å². The van der Waals surface area contributed by atoms with Gasteiger partial charge in [0.15, 0.2) is 12.1 Å². The van der Waals surface area contributed by atoms with Crippen LogP contribution in [0.4, 0.5) is 5.69 Å². The highest BCUT2D eigenvalue weighted by molar-refractivity contribution is 6.31. The molecule has 3 aromatic rings. The van der Waals surface area contributed by atoms with Gasteiger partial charge in [-0.1, -0.05) is 72.3 Å². The highest BCUT2D eigenvalue weighted by Gasteiger charge is 2.49. The number of quaternary nitrogens is 1. The van der Waals surface area contributed by atoms with E-state index in [2.05, 4.69) is 5.32 Å². The number of para-hydroxylation sites is 1. The summed E-state index contributed by atoms with van der Waals surface area (Å²) in [4.78, 5) is 26.6. The second-order valence-electron chi connectivity index (χ2n) is 9.73. The molecule has 0 radical (unpaired) electrons. The monoisotopic (exact) mass is 568 g/mol. The van der Waals surface area contributed by atoms with Crippen molar-refractivity contribution in [3.05, 3.63) is 101 Å². The molecule has 36 heavy (non-hydrogen) atoms. The molecule has 0 spiro atoms. The summed E-state index contributed by atoms with van der Waals surface area (Å²) in [6.45, 7) is 2.96. The molecule has 188 valence electrons. The molecule has 3 heterocycles. The Bertz CT molecular complexity index is 1180. The number of halogens is 2. The Morgan fingerprint density at radius 2 is 1.61 bits per heavy atom. The van der Waals surface area contributed by atoms with Crippen molar-refractivity contribution in [2.45, 2.75) is 25.0 Å². The van der Waals surface area contributed by atoms with Crippen LogP contribution in [-0.4, -0.2) is 48.5 Å². The van der Waals surface area contributed by atoms with Crippen LogP contribution in [0.1, 0.15) is 34.8 Å². The number of hydrogen-bond donors (Lipinski definition) is 1. The number of rotatable bonds is 8. The molecule has 0 aliphatic carbocycles. The number of nitrogens with zero attached hydrogens (tertiary/aromatic N) is 1. The van der Waals surface area contributed by atoms with E-state index in [1.165, 1.54) is 0 Å². The van der Waals surface area contributed by atoms with E-state index in [1.54, 1.807) is 12.1 Å². The second-order valence-corrected chi connectivity index (χ2v) is 10.2. The highest BCUT2D eigenvalue weighted by Crippen LogP contribution is 2.37. The Balaban J connectivity index is 0.00000304. The molecule has 3 aliphatic rings. The van der Waals surface area contributed by atoms with Gasteiger partial charge in [-0.3, -0.25) is 4.79 Å². The number of ether oxygens (including phenoxy) is 1. The molecular weight excluding hydrogens is 540 g/mol. The van der Waals surface area contributed by atoms with Crippen molar-refractivity contribution in [3.63, 3.8) is 0 Å². The lowest BCUT2D eigenvalue weighted by Crippen LogP contribution is -3.00. The van der Waals surface area contributed by atoms with Crippen molar-refractivity contribution in [1.82, 2.24) is 0 Å². The molecule has 3 saturated heterocycles. The zero-order chi connectivity index (χ0) is 24.3. The van der Waals surface area contributed by atoms with Gasteiger partial charge in [-0.05, 0) is 29.8 Å². The molecule has 3 aromatic carbocycles. The van der Waals surface area contributed by atoms with E-state index in [9.17, 15) is 9.59 Å². The number of nitrogens with one attached hydrogen (secondary N) is 1. The van der Waals surface area contributed by atoms with Crippen LogP contribution in [-0.2, 0) is 9.53 Å². The number of Topliss-reactive ketones (excluding diaryl/α,β-unsaturated/α-hetero) is 1. The molecule has 6 rings (SSSR count). The van der Waals surface area contributed by atoms with Crippen LogP contribution in [0.2, 0.25) is 5.02 Å². The quantitative estimate of drug-likeness (QED) is 0.257. The summed E-state index contributed by atoms with van der Waals surface area (Å²) in [6.07, 6.45) is 1.73. The standard InChI is InChI=1S/C29H30ClN2O3.BrH/c30-24-11-7-10-23(18-24)26(33)19-32-16-14-21(15-17-32)27(20-32)35-29(34)28(22-8-3-1-4-9-22)31-25-12-5-2-6-13-25;/h1-13,18,21,27-28,31H,14-17,19-20H2;1H/q+1;/p-1/t21?,27-,28+,32?;/m0./s1. The SMILES string of the molecule is O=C(C[N+]12CCC(CC1)[C@@H](OC(=O)[C@H](Nc1ccccc1)c1ccccc1)C2)c1cccc(Cl)c1.[Br-]. The first kappa shape index (κ1) is 26.4. The molecule has 0 unspecified atom stereocenters. The zero-order valence-corrected chi connectivity index (χ0v) is 22.3. The minimum absolute atomic E-state index is 0. The summed E-state index contributed by atoms with van der Waals surface area (Å²) >= 11 is 6.11. The predicted molar refractivity (Wildman–Crippen MR) is 137 cm³/mol. The number of ketones is 1. The molecule has 3 fully saturated rings.